The first kappa shape index (κ1) is 26.4. The van der Waals surface area contributed by atoms with Crippen LogP contribution in [0.4, 0.5) is 0 Å². The van der Waals surface area contributed by atoms with Crippen LogP contribution in [0.2, 0.25) is 0 Å². The fraction of sp³-hybridized carbons (Fsp3) is 0.964. The average Bonchev–Trinajstić information content (AvgIpc) is 3.04. The van der Waals surface area contributed by atoms with Crippen molar-refractivity contribution in [2.24, 2.45) is 23.2 Å². The van der Waals surface area contributed by atoms with Crippen LogP contribution in [0.15, 0.2) is 0 Å². The van der Waals surface area contributed by atoms with Gasteiger partial charge >= 0.3 is 5.97 Å². The second kappa shape index (κ2) is 10.7. The van der Waals surface area contributed by atoms with Crippen LogP contribution in [0.5, 0.6) is 0 Å². The molecule has 2 bridgehead atoms. The summed E-state index contributed by atoms with van der Waals surface area (Å²) in [5.41, 5.74) is -0.929. The molecule has 1 spiro atoms. The molecule has 4 aliphatic heterocycles. The number of carbonyl (C=O) groups is 1. The molecule has 6 nitrogen and oxygen atoms in total. The lowest BCUT2D eigenvalue weighted by atomic mass is 9.50. The lowest BCUT2D eigenvalue weighted by molar-refractivity contribution is -0.586. The van der Waals surface area contributed by atoms with Crippen LogP contribution in [0, 0.1) is 23.2 Å². The second-order valence-electron chi connectivity index (χ2n) is 12.0. The summed E-state index contributed by atoms with van der Waals surface area (Å²) in [4.78, 5) is 24.9. The highest BCUT2D eigenvalue weighted by molar-refractivity contribution is 5.69. The van der Waals surface area contributed by atoms with Crippen molar-refractivity contribution >= 4 is 5.97 Å². The normalized spacial score (nSPS) is 43.3. The largest absolute Gasteiger partial charge is 0.435 e. The fourth-order valence-electron chi connectivity index (χ4n) is 7.07. The minimum absolute atomic E-state index is 0.0134. The van der Waals surface area contributed by atoms with Gasteiger partial charge in [-0.05, 0) is 44.4 Å². The van der Waals surface area contributed by atoms with E-state index in [2.05, 4.69) is 27.7 Å². The Morgan fingerprint density at radius 3 is 2.29 bits per heavy atom. The molecule has 4 saturated heterocycles. The van der Waals surface area contributed by atoms with Crippen molar-refractivity contribution < 1.29 is 28.8 Å². The van der Waals surface area contributed by atoms with E-state index in [0.717, 1.165) is 38.5 Å². The molecule has 0 aromatic carbocycles. The van der Waals surface area contributed by atoms with Crippen molar-refractivity contribution in [1.82, 2.24) is 0 Å². The minimum atomic E-state index is -0.820. The molecular weight excluding hydrogens is 432 g/mol. The molecule has 1 aliphatic carbocycles. The first-order chi connectivity index (χ1) is 16.3. The SMILES string of the molecule is CCCCCCCCCCCC(=O)OC1O[C@@H]2O[C@]3(C)CC[C@H]4[C@H](C)CC[C@@](C)([C@H]1C)[C@@]24OO3. The van der Waals surface area contributed by atoms with E-state index in [9.17, 15) is 4.79 Å². The highest BCUT2D eigenvalue weighted by Crippen LogP contribution is 2.66. The predicted molar refractivity (Wildman–Crippen MR) is 129 cm³/mol. The van der Waals surface area contributed by atoms with Crippen molar-refractivity contribution in [2.75, 3.05) is 0 Å². The topological polar surface area (TPSA) is 63.2 Å². The second-order valence-corrected chi connectivity index (χ2v) is 12.0. The van der Waals surface area contributed by atoms with Gasteiger partial charge in [0.05, 0.1) is 0 Å². The molecule has 34 heavy (non-hydrogen) atoms. The summed E-state index contributed by atoms with van der Waals surface area (Å²) < 4.78 is 18.8. The number of ether oxygens (including phenoxy) is 3. The van der Waals surface area contributed by atoms with Crippen molar-refractivity contribution in [3.05, 3.63) is 0 Å². The van der Waals surface area contributed by atoms with E-state index in [0.29, 0.717) is 18.3 Å². The zero-order chi connectivity index (χ0) is 24.4. The first-order valence-corrected chi connectivity index (χ1v) is 14.2. The van der Waals surface area contributed by atoms with Gasteiger partial charge in [-0.2, -0.15) is 0 Å². The van der Waals surface area contributed by atoms with Gasteiger partial charge < -0.3 is 14.2 Å². The van der Waals surface area contributed by atoms with Crippen molar-refractivity contribution in [2.45, 2.75) is 148 Å². The Morgan fingerprint density at radius 1 is 0.912 bits per heavy atom. The summed E-state index contributed by atoms with van der Waals surface area (Å²) in [6.45, 7) is 10.9. The van der Waals surface area contributed by atoms with Crippen LogP contribution in [0.25, 0.3) is 0 Å². The lowest BCUT2D eigenvalue weighted by Crippen LogP contribution is -2.74. The third-order valence-corrected chi connectivity index (χ3v) is 9.62. The van der Waals surface area contributed by atoms with E-state index < -0.39 is 24.0 Å². The van der Waals surface area contributed by atoms with Gasteiger partial charge in [-0.3, -0.25) is 4.79 Å². The predicted octanol–water partition coefficient (Wildman–Crippen LogP) is 7.05. The van der Waals surface area contributed by atoms with Crippen LogP contribution >= 0.6 is 0 Å². The summed E-state index contributed by atoms with van der Waals surface area (Å²) >= 11 is 0. The van der Waals surface area contributed by atoms with E-state index in [1.807, 2.05) is 6.92 Å². The summed E-state index contributed by atoms with van der Waals surface area (Å²) in [6.07, 6.45) is 14.2. The minimum Gasteiger partial charge on any atom is -0.435 e. The zero-order valence-corrected chi connectivity index (χ0v) is 22.2. The Hall–Kier alpha value is -0.690. The van der Waals surface area contributed by atoms with Crippen LogP contribution in [0.1, 0.15) is 125 Å². The molecule has 1 saturated carbocycles. The summed E-state index contributed by atoms with van der Waals surface area (Å²) in [5, 5.41) is 0. The third-order valence-electron chi connectivity index (χ3n) is 9.62. The molecule has 5 fully saturated rings. The standard InChI is InChI=1S/C28H48O6/c1-6-7-8-9-10-11-12-13-14-15-23(29)30-24-21(3)26(4)18-16-20(2)22-17-19-27(5)32-25(31-24)28(22,26)34-33-27/h20-22,24-25H,6-19H2,1-5H3/t20-,21+,22+,24?,25-,26+,27+,28+/m1/s1. The molecule has 6 heteroatoms. The van der Waals surface area contributed by atoms with E-state index in [-0.39, 0.29) is 17.3 Å². The van der Waals surface area contributed by atoms with Gasteiger partial charge in [-0.15, -0.1) is 0 Å². The summed E-state index contributed by atoms with van der Waals surface area (Å²) in [5.74, 6) is -0.200. The molecule has 5 rings (SSSR count). The number of hydrogen-bond acceptors (Lipinski definition) is 6. The number of unbranched alkanes of at least 4 members (excludes halogenated alkanes) is 8. The number of hydrogen-bond donors (Lipinski definition) is 0. The Labute approximate surface area is 206 Å². The third kappa shape index (κ3) is 4.81. The zero-order valence-electron chi connectivity index (χ0n) is 22.2. The molecule has 1 unspecified atom stereocenters. The van der Waals surface area contributed by atoms with Crippen LogP contribution in [0.3, 0.4) is 0 Å². The average molecular weight is 481 g/mol. The molecule has 0 N–H and O–H groups in total. The molecule has 0 amide bonds. The molecule has 0 aromatic heterocycles. The Balaban J connectivity index is 1.32. The number of rotatable bonds is 11. The highest BCUT2D eigenvalue weighted by atomic mass is 17.3. The van der Waals surface area contributed by atoms with Gasteiger partial charge in [0.15, 0.2) is 11.9 Å². The van der Waals surface area contributed by atoms with E-state index in [4.69, 9.17) is 24.0 Å². The van der Waals surface area contributed by atoms with Gasteiger partial charge in [0.25, 0.3) is 0 Å². The fourth-order valence-corrected chi connectivity index (χ4v) is 7.07. The van der Waals surface area contributed by atoms with Crippen molar-refractivity contribution in [3.63, 3.8) is 0 Å². The number of carbonyl (C=O) groups excluding carboxylic acids is 1. The van der Waals surface area contributed by atoms with E-state index >= 15 is 0 Å². The van der Waals surface area contributed by atoms with Crippen molar-refractivity contribution in [3.8, 4) is 0 Å². The maximum Gasteiger partial charge on any atom is 0.308 e. The first-order valence-electron chi connectivity index (χ1n) is 14.2. The van der Waals surface area contributed by atoms with Gasteiger partial charge in [-0.1, -0.05) is 79.1 Å². The van der Waals surface area contributed by atoms with Gasteiger partial charge in [-0.25, -0.2) is 9.78 Å². The highest BCUT2D eigenvalue weighted by Gasteiger charge is 2.74. The molecule has 0 radical (unpaired) electrons. The molecule has 5 aliphatic rings. The van der Waals surface area contributed by atoms with Crippen LogP contribution in [-0.4, -0.2) is 29.9 Å². The maximum atomic E-state index is 12.7. The molecule has 196 valence electrons. The summed E-state index contributed by atoms with van der Waals surface area (Å²) in [6, 6.07) is 0. The van der Waals surface area contributed by atoms with Crippen LogP contribution < -0.4 is 0 Å². The maximum absolute atomic E-state index is 12.7. The van der Waals surface area contributed by atoms with E-state index in [1.165, 1.54) is 44.9 Å². The number of esters is 1. The monoisotopic (exact) mass is 480 g/mol. The molecule has 4 heterocycles. The lowest BCUT2D eigenvalue weighted by Gasteiger charge is -2.65. The molecule has 8 atom stereocenters. The van der Waals surface area contributed by atoms with Crippen LogP contribution in [-0.2, 0) is 28.8 Å². The van der Waals surface area contributed by atoms with Gasteiger partial charge in [0.2, 0.25) is 12.1 Å². The summed E-state index contributed by atoms with van der Waals surface area (Å²) in [7, 11) is 0. The van der Waals surface area contributed by atoms with Crippen molar-refractivity contribution in [1.29, 1.82) is 0 Å². The Kier molecular flexibility index (Phi) is 8.33. The molecule has 0 aromatic rings. The number of fused-ring (bicyclic) bond motifs is 2. The Morgan fingerprint density at radius 2 is 1.59 bits per heavy atom. The molecular formula is C28H48O6. The quantitative estimate of drug-likeness (QED) is 0.179. The smallest absolute Gasteiger partial charge is 0.308 e. The van der Waals surface area contributed by atoms with E-state index in [1.54, 1.807) is 0 Å². The van der Waals surface area contributed by atoms with Gasteiger partial charge in [0.1, 0.15) is 0 Å². The Bertz CT molecular complexity index is 698. The van der Waals surface area contributed by atoms with Gasteiger partial charge in [0, 0.05) is 24.2 Å².